The highest BCUT2D eigenvalue weighted by atomic mass is 35.5. The lowest BCUT2D eigenvalue weighted by molar-refractivity contribution is 0.102. The minimum atomic E-state index is -0.379. The van der Waals surface area contributed by atoms with E-state index >= 15 is 0 Å². The van der Waals surface area contributed by atoms with Gasteiger partial charge in [-0.2, -0.15) is 0 Å². The summed E-state index contributed by atoms with van der Waals surface area (Å²) in [5, 5.41) is 3.48. The van der Waals surface area contributed by atoms with Crippen molar-refractivity contribution in [2.75, 3.05) is 11.9 Å². The van der Waals surface area contributed by atoms with Gasteiger partial charge in [0.05, 0.1) is 22.2 Å². The maximum absolute atomic E-state index is 12.2. The molecule has 21 heavy (non-hydrogen) atoms. The number of hydrogen-bond acceptors (Lipinski definition) is 3. The van der Waals surface area contributed by atoms with Crippen molar-refractivity contribution in [3.8, 4) is 11.8 Å². The van der Waals surface area contributed by atoms with Gasteiger partial charge in [-0.05, 0) is 30.3 Å². The Bertz CT molecular complexity index is 735. The van der Waals surface area contributed by atoms with E-state index in [1.54, 1.807) is 30.3 Å². The van der Waals surface area contributed by atoms with Crippen molar-refractivity contribution >= 4 is 34.8 Å². The second-order valence-corrected chi connectivity index (χ2v) is 4.80. The zero-order valence-corrected chi connectivity index (χ0v) is 12.4. The van der Waals surface area contributed by atoms with Gasteiger partial charge < -0.3 is 11.1 Å². The molecule has 106 valence electrons. The van der Waals surface area contributed by atoms with Crippen molar-refractivity contribution < 1.29 is 4.79 Å². The highest BCUT2D eigenvalue weighted by Crippen LogP contribution is 2.25. The Morgan fingerprint density at radius 2 is 2.10 bits per heavy atom. The second-order valence-electron chi connectivity index (χ2n) is 3.99. The molecule has 0 bridgehead atoms. The Kier molecular flexibility index (Phi) is 5.18. The van der Waals surface area contributed by atoms with Crippen LogP contribution in [0.5, 0.6) is 0 Å². The molecule has 0 saturated carbocycles. The number of hydrogen-bond donors (Lipinski definition) is 2. The van der Waals surface area contributed by atoms with Crippen LogP contribution in [0, 0.1) is 11.8 Å². The van der Waals surface area contributed by atoms with E-state index < -0.39 is 0 Å². The van der Waals surface area contributed by atoms with Crippen LogP contribution in [0.4, 0.5) is 5.69 Å². The highest BCUT2D eigenvalue weighted by molar-refractivity contribution is 6.42. The Labute approximate surface area is 132 Å². The van der Waals surface area contributed by atoms with Gasteiger partial charge in [-0.15, -0.1) is 0 Å². The average molecular weight is 320 g/mol. The normalized spacial score (nSPS) is 9.67. The summed E-state index contributed by atoms with van der Waals surface area (Å²) in [5.41, 5.74) is 6.60. The number of aromatic nitrogens is 1. The Morgan fingerprint density at radius 3 is 2.81 bits per heavy atom. The summed E-state index contributed by atoms with van der Waals surface area (Å²) in [6, 6.07) is 8.24. The first kappa shape index (κ1) is 15.3. The number of benzene rings is 1. The molecule has 2 rings (SSSR count). The first-order valence-corrected chi connectivity index (χ1v) is 6.78. The summed E-state index contributed by atoms with van der Waals surface area (Å²) < 4.78 is 0. The number of rotatable bonds is 2. The molecule has 1 amide bonds. The third kappa shape index (κ3) is 3.96. The van der Waals surface area contributed by atoms with Crippen LogP contribution in [-0.4, -0.2) is 17.4 Å². The first-order valence-electron chi connectivity index (χ1n) is 6.02. The molecule has 0 aliphatic heterocycles. The number of carbonyl (C=O) groups is 1. The molecule has 1 aromatic heterocycles. The molecule has 1 aromatic carbocycles. The maximum Gasteiger partial charge on any atom is 0.275 e. The van der Waals surface area contributed by atoms with Crippen LogP contribution in [0.1, 0.15) is 16.1 Å². The summed E-state index contributed by atoms with van der Waals surface area (Å²) in [6.07, 6.45) is 1.53. The van der Waals surface area contributed by atoms with Gasteiger partial charge in [0, 0.05) is 11.9 Å². The van der Waals surface area contributed by atoms with Gasteiger partial charge in [-0.25, -0.2) is 4.98 Å². The smallest absolute Gasteiger partial charge is 0.275 e. The summed E-state index contributed by atoms with van der Waals surface area (Å²) >= 11 is 11.7. The predicted octanol–water partition coefficient (Wildman–Crippen LogP) is 2.95. The quantitative estimate of drug-likeness (QED) is 0.836. The van der Waals surface area contributed by atoms with Crippen molar-refractivity contribution in [2.24, 2.45) is 5.73 Å². The lowest BCUT2D eigenvalue weighted by Crippen LogP contribution is -2.15. The standard InChI is InChI=1S/C15H11Cl2N3O/c16-12-6-5-11(9-13(12)17)20-15(21)14-10(3-1-7-18)4-2-8-19-14/h2,4-6,8-9H,7,18H2,(H,20,21). The molecular weight excluding hydrogens is 309 g/mol. The third-order valence-electron chi connectivity index (χ3n) is 2.53. The molecule has 1 heterocycles. The average Bonchev–Trinajstić information content (AvgIpc) is 2.49. The van der Waals surface area contributed by atoms with E-state index in [-0.39, 0.29) is 18.1 Å². The number of nitrogens with two attached hydrogens (primary N) is 1. The van der Waals surface area contributed by atoms with Gasteiger partial charge in [-0.3, -0.25) is 4.79 Å². The molecule has 2 aromatic rings. The second kappa shape index (κ2) is 7.09. The maximum atomic E-state index is 12.2. The zero-order valence-electron chi connectivity index (χ0n) is 10.9. The van der Waals surface area contributed by atoms with Crippen LogP contribution in [0.2, 0.25) is 10.0 Å². The topological polar surface area (TPSA) is 68.0 Å². The van der Waals surface area contributed by atoms with Gasteiger partial charge in [0.25, 0.3) is 5.91 Å². The fraction of sp³-hybridized carbons (Fsp3) is 0.0667. The van der Waals surface area contributed by atoms with E-state index in [1.165, 1.54) is 6.20 Å². The van der Waals surface area contributed by atoms with E-state index in [4.69, 9.17) is 28.9 Å². The highest BCUT2D eigenvalue weighted by Gasteiger charge is 2.12. The molecule has 0 unspecified atom stereocenters. The molecule has 0 spiro atoms. The van der Waals surface area contributed by atoms with Crippen LogP contribution in [0.25, 0.3) is 0 Å². The molecular formula is C15H11Cl2N3O. The molecule has 3 N–H and O–H groups in total. The molecule has 0 radical (unpaired) electrons. The summed E-state index contributed by atoms with van der Waals surface area (Å²) in [4.78, 5) is 16.3. The number of amides is 1. The summed E-state index contributed by atoms with van der Waals surface area (Å²) in [5.74, 6) is 5.13. The van der Waals surface area contributed by atoms with Crippen LogP contribution in [0.3, 0.4) is 0 Å². The predicted molar refractivity (Wildman–Crippen MR) is 84.6 cm³/mol. The van der Waals surface area contributed by atoms with E-state index in [0.717, 1.165) is 0 Å². The van der Waals surface area contributed by atoms with Crippen LogP contribution >= 0.6 is 23.2 Å². The largest absolute Gasteiger partial charge is 0.321 e. The van der Waals surface area contributed by atoms with Crippen molar-refractivity contribution in [1.82, 2.24) is 4.98 Å². The molecule has 0 aliphatic carbocycles. The fourth-order valence-electron chi connectivity index (χ4n) is 1.60. The van der Waals surface area contributed by atoms with Gasteiger partial charge in [0.1, 0.15) is 5.69 Å². The zero-order chi connectivity index (χ0) is 15.2. The fourth-order valence-corrected chi connectivity index (χ4v) is 1.90. The van der Waals surface area contributed by atoms with Crippen molar-refractivity contribution in [3.63, 3.8) is 0 Å². The lowest BCUT2D eigenvalue weighted by Gasteiger charge is -2.07. The number of anilines is 1. The SMILES string of the molecule is NCC#Cc1cccnc1C(=O)Nc1ccc(Cl)c(Cl)c1. The number of carbonyl (C=O) groups excluding carboxylic acids is 1. The number of halogens is 2. The molecule has 0 aliphatic rings. The lowest BCUT2D eigenvalue weighted by atomic mass is 10.2. The molecule has 6 heteroatoms. The number of nitrogens with one attached hydrogen (secondary N) is 1. The number of nitrogens with zero attached hydrogens (tertiary/aromatic N) is 1. The summed E-state index contributed by atoms with van der Waals surface area (Å²) in [7, 11) is 0. The van der Waals surface area contributed by atoms with E-state index in [9.17, 15) is 4.79 Å². The Morgan fingerprint density at radius 1 is 1.29 bits per heavy atom. The van der Waals surface area contributed by atoms with E-state index in [1.807, 2.05) is 0 Å². The van der Waals surface area contributed by atoms with Crippen LogP contribution in [0.15, 0.2) is 36.5 Å². The van der Waals surface area contributed by atoms with Crippen molar-refractivity contribution in [2.45, 2.75) is 0 Å². The van der Waals surface area contributed by atoms with Crippen molar-refractivity contribution in [1.29, 1.82) is 0 Å². The monoisotopic (exact) mass is 319 g/mol. The van der Waals surface area contributed by atoms with Gasteiger partial charge in [0.2, 0.25) is 0 Å². The molecule has 0 saturated heterocycles. The van der Waals surface area contributed by atoms with Crippen LogP contribution in [-0.2, 0) is 0 Å². The Hall–Kier alpha value is -2.06. The van der Waals surface area contributed by atoms with Gasteiger partial charge in [0.15, 0.2) is 0 Å². The van der Waals surface area contributed by atoms with E-state index in [0.29, 0.717) is 21.3 Å². The number of pyridine rings is 1. The Balaban J connectivity index is 2.26. The minimum absolute atomic E-state index is 0.211. The van der Waals surface area contributed by atoms with Gasteiger partial charge in [-0.1, -0.05) is 35.0 Å². The molecule has 0 fully saturated rings. The first-order chi connectivity index (χ1) is 10.1. The third-order valence-corrected chi connectivity index (χ3v) is 3.26. The molecule has 4 nitrogen and oxygen atoms in total. The minimum Gasteiger partial charge on any atom is -0.321 e. The summed E-state index contributed by atoms with van der Waals surface area (Å²) in [6.45, 7) is 0.211. The van der Waals surface area contributed by atoms with Crippen molar-refractivity contribution in [3.05, 3.63) is 57.8 Å². The van der Waals surface area contributed by atoms with Gasteiger partial charge >= 0.3 is 0 Å². The van der Waals surface area contributed by atoms with E-state index in [2.05, 4.69) is 22.1 Å². The molecule has 0 atom stereocenters. The van der Waals surface area contributed by atoms with Crippen LogP contribution < -0.4 is 11.1 Å².